The first-order chi connectivity index (χ1) is 10.5. The van der Waals surface area contributed by atoms with Crippen LogP contribution in [-0.2, 0) is 32.5 Å². The first kappa shape index (κ1) is 20.0. The van der Waals surface area contributed by atoms with Crippen LogP contribution in [0.2, 0.25) is 12.6 Å². The van der Waals surface area contributed by atoms with E-state index in [0.717, 1.165) is 19.1 Å². The minimum atomic E-state index is -2.32. The number of epoxide rings is 1. The maximum Gasteiger partial charge on any atom is 0.335 e. The molecule has 0 saturated carbocycles. The lowest BCUT2D eigenvalue weighted by atomic mass is 10.5. The van der Waals surface area contributed by atoms with Crippen LogP contribution in [0.25, 0.3) is 0 Å². The average Bonchev–Trinajstić information content (AvgIpc) is 3.33. The SMILES string of the molecule is CCO[Si](C)(CCCOCC1CO1)OCC(OC)(OC)OC. The van der Waals surface area contributed by atoms with E-state index in [9.17, 15) is 0 Å². The second kappa shape index (κ2) is 9.94. The van der Waals surface area contributed by atoms with Crippen molar-refractivity contribution in [1.82, 2.24) is 0 Å². The third-order valence-corrected chi connectivity index (χ3v) is 6.48. The van der Waals surface area contributed by atoms with E-state index in [-0.39, 0.29) is 6.61 Å². The number of hydrogen-bond acceptors (Lipinski definition) is 7. The standard InChI is InChI=1S/C14H30O7Si/c1-6-20-22(5,9-7-8-18-10-13-11-19-13)21-12-14(15-2,16-3)17-4/h13H,6-12H2,1-5H3. The van der Waals surface area contributed by atoms with Gasteiger partial charge in [0.25, 0.3) is 0 Å². The van der Waals surface area contributed by atoms with Gasteiger partial charge in [-0.05, 0) is 25.9 Å². The van der Waals surface area contributed by atoms with E-state index >= 15 is 0 Å². The van der Waals surface area contributed by atoms with Crippen LogP contribution in [0, 0.1) is 0 Å². The molecule has 1 saturated heterocycles. The minimum Gasteiger partial charge on any atom is -0.395 e. The molecule has 2 atom stereocenters. The van der Waals surface area contributed by atoms with Crippen molar-refractivity contribution in [2.75, 3.05) is 54.4 Å². The molecule has 1 fully saturated rings. The third-order valence-electron chi connectivity index (χ3n) is 3.56. The first-order valence-corrected chi connectivity index (χ1v) is 10.2. The molecule has 0 bridgehead atoms. The maximum absolute atomic E-state index is 6.01. The van der Waals surface area contributed by atoms with E-state index in [4.69, 9.17) is 32.5 Å². The number of rotatable bonds is 14. The van der Waals surface area contributed by atoms with Crippen LogP contribution in [0.3, 0.4) is 0 Å². The maximum atomic E-state index is 6.01. The van der Waals surface area contributed by atoms with Gasteiger partial charge in [-0.3, -0.25) is 0 Å². The fourth-order valence-electron chi connectivity index (χ4n) is 2.03. The van der Waals surface area contributed by atoms with Gasteiger partial charge in [0.2, 0.25) is 0 Å². The molecule has 2 unspecified atom stereocenters. The van der Waals surface area contributed by atoms with Crippen LogP contribution >= 0.6 is 0 Å². The highest BCUT2D eigenvalue weighted by molar-refractivity contribution is 6.66. The summed E-state index contributed by atoms with van der Waals surface area (Å²) in [6.07, 6.45) is 1.19. The molecule has 0 spiro atoms. The third kappa shape index (κ3) is 7.01. The van der Waals surface area contributed by atoms with E-state index in [2.05, 4.69) is 0 Å². The van der Waals surface area contributed by atoms with Crippen molar-refractivity contribution in [1.29, 1.82) is 0 Å². The van der Waals surface area contributed by atoms with Gasteiger partial charge in [-0.15, -0.1) is 0 Å². The van der Waals surface area contributed by atoms with Crippen molar-refractivity contribution in [2.24, 2.45) is 0 Å². The average molecular weight is 338 g/mol. The molecule has 1 rings (SSSR count). The summed E-state index contributed by atoms with van der Waals surface area (Å²) in [7, 11) is 2.23. The highest BCUT2D eigenvalue weighted by Gasteiger charge is 2.38. The molecule has 1 aliphatic heterocycles. The Balaban J connectivity index is 2.35. The zero-order valence-corrected chi connectivity index (χ0v) is 15.4. The molecule has 0 N–H and O–H groups in total. The Morgan fingerprint density at radius 2 is 1.77 bits per heavy atom. The Morgan fingerprint density at radius 3 is 2.27 bits per heavy atom. The smallest absolute Gasteiger partial charge is 0.335 e. The van der Waals surface area contributed by atoms with E-state index in [0.29, 0.717) is 25.9 Å². The van der Waals surface area contributed by atoms with Gasteiger partial charge in [-0.2, -0.15) is 0 Å². The summed E-state index contributed by atoms with van der Waals surface area (Å²) < 4.78 is 38.3. The predicted octanol–water partition coefficient (Wildman–Crippen LogP) is 1.51. The van der Waals surface area contributed by atoms with Gasteiger partial charge in [0.1, 0.15) is 12.7 Å². The van der Waals surface area contributed by atoms with Crippen molar-refractivity contribution in [3.8, 4) is 0 Å². The topological polar surface area (TPSA) is 67.9 Å². The van der Waals surface area contributed by atoms with Gasteiger partial charge in [0.15, 0.2) is 0 Å². The number of ether oxygens (including phenoxy) is 5. The molecule has 132 valence electrons. The van der Waals surface area contributed by atoms with Crippen LogP contribution in [0.5, 0.6) is 0 Å². The summed E-state index contributed by atoms with van der Waals surface area (Å²) in [5, 5.41) is 0. The molecule has 0 aromatic carbocycles. The molecular weight excluding hydrogens is 308 g/mol. The van der Waals surface area contributed by atoms with Gasteiger partial charge >= 0.3 is 14.5 Å². The van der Waals surface area contributed by atoms with Crippen molar-refractivity contribution in [3.63, 3.8) is 0 Å². The molecule has 22 heavy (non-hydrogen) atoms. The van der Waals surface area contributed by atoms with E-state index in [1.54, 1.807) is 0 Å². The Bertz CT molecular complexity index is 289. The summed E-state index contributed by atoms with van der Waals surface area (Å²) in [6, 6.07) is 0.833. The van der Waals surface area contributed by atoms with E-state index < -0.39 is 14.5 Å². The summed E-state index contributed by atoms with van der Waals surface area (Å²) in [5.74, 6) is -1.19. The van der Waals surface area contributed by atoms with E-state index in [1.807, 2.05) is 13.5 Å². The fourth-order valence-corrected chi connectivity index (χ4v) is 4.28. The Hall–Kier alpha value is -0.0631. The Labute approximate surface area is 134 Å². The van der Waals surface area contributed by atoms with Crippen LogP contribution in [0.15, 0.2) is 0 Å². The fraction of sp³-hybridized carbons (Fsp3) is 1.00. The zero-order chi connectivity index (χ0) is 16.5. The van der Waals surface area contributed by atoms with Crippen LogP contribution in [0.4, 0.5) is 0 Å². The molecule has 0 aromatic heterocycles. The van der Waals surface area contributed by atoms with Gasteiger partial charge in [-0.1, -0.05) is 0 Å². The lowest BCUT2D eigenvalue weighted by molar-refractivity contribution is -0.362. The summed E-state index contributed by atoms with van der Waals surface area (Å²) in [4.78, 5) is 0. The normalized spacial score (nSPS) is 20.9. The summed E-state index contributed by atoms with van der Waals surface area (Å²) >= 11 is 0. The van der Waals surface area contributed by atoms with Crippen molar-refractivity contribution in [2.45, 2.75) is 38.0 Å². The van der Waals surface area contributed by atoms with Gasteiger partial charge in [0, 0.05) is 34.5 Å². The molecule has 0 radical (unpaired) electrons. The van der Waals surface area contributed by atoms with Crippen LogP contribution in [-0.4, -0.2) is 75.0 Å². The van der Waals surface area contributed by atoms with Gasteiger partial charge < -0.3 is 32.5 Å². The molecular formula is C14H30O7Si. The quantitative estimate of drug-likeness (QED) is 0.206. The van der Waals surface area contributed by atoms with Crippen LogP contribution in [0.1, 0.15) is 13.3 Å². The lowest BCUT2D eigenvalue weighted by Crippen LogP contribution is -2.48. The minimum absolute atomic E-state index is 0.163. The lowest BCUT2D eigenvalue weighted by Gasteiger charge is -2.33. The molecule has 1 aliphatic rings. The molecule has 8 heteroatoms. The zero-order valence-electron chi connectivity index (χ0n) is 14.4. The number of methoxy groups -OCH3 is 3. The van der Waals surface area contributed by atoms with Crippen LogP contribution < -0.4 is 0 Å². The van der Waals surface area contributed by atoms with Crippen molar-refractivity contribution in [3.05, 3.63) is 0 Å². The molecule has 1 heterocycles. The Kier molecular flexibility index (Phi) is 9.03. The highest BCUT2D eigenvalue weighted by atomic mass is 28.4. The van der Waals surface area contributed by atoms with E-state index in [1.165, 1.54) is 21.3 Å². The molecule has 7 nitrogen and oxygen atoms in total. The second-order valence-electron chi connectivity index (χ2n) is 5.28. The monoisotopic (exact) mass is 338 g/mol. The van der Waals surface area contributed by atoms with Gasteiger partial charge in [-0.25, -0.2) is 0 Å². The largest absolute Gasteiger partial charge is 0.395 e. The molecule has 0 aromatic rings. The van der Waals surface area contributed by atoms with Crippen molar-refractivity contribution < 1.29 is 32.5 Å². The highest BCUT2D eigenvalue weighted by Crippen LogP contribution is 2.21. The summed E-state index contributed by atoms with van der Waals surface area (Å²) in [6.45, 7) is 6.95. The number of hydrogen-bond donors (Lipinski definition) is 0. The first-order valence-electron chi connectivity index (χ1n) is 7.66. The van der Waals surface area contributed by atoms with Crippen molar-refractivity contribution >= 4 is 8.56 Å². The molecule has 0 aliphatic carbocycles. The molecule has 0 amide bonds. The second-order valence-corrected chi connectivity index (χ2v) is 8.63. The Morgan fingerprint density at radius 1 is 1.14 bits per heavy atom. The predicted molar refractivity (Wildman–Crippen MR) is 82.9 cm³/mol. The van der Waals surface area contributed by atoms with Gasteiger partial charge in [0.05, 0.1) is 13.2 Å². The summed E-state index contributed by atoms with van der Waals surface area (Å²) in [5.41, 5.74) is 0.